The van der Waals surface area contributed by atoms with E-state index in [0.29, 0.717) is 31.0 Å². The van der Waals surface area contributed by atoms with Crippen molar-refractivity contribution in [3.8, 4) is 0 Å². The van der Waals surface area contributed by atoms with Gasteiger partial charge in [0.25, 0.3) is 5.91 Å². The van der Waals surface area contributed by atoms with E-state index in [0.717, 1.165) is 61.7 Å². The maximum Gasteiger partial charge on any atom is 0.251 e. The fourth-order valence-corrected chi connectivity index (χ4v) is 5.75. The summed E-state index contributed by atoms with van der Waals surface area (Å²) in [5, 5.41) is 5.94. The predicted molar refractivity (Wildman–Crippen MR) is 146 cm³/mol. The summed E-state index contributed by atoms with van der Waals surface area (Å²) in [4.78, 5) is 28.4. The van der Waals surface area contributed by atoms with Crippen molar-refractivity contribution in [2.24, 2.45) is 5.92 Å². The number of halogens is 1. The van der Waals surface area contributed by atoms with Crippen LogP contribution in [-0.4, -0.2) is 52.2 Å². The lowest BCUT2D eigenvalue weighted by atomic mass is 9.84. The lowest BCUT2D eigenvalue weighted by Gasteiger charge is -2.27. The highest BCUT2D eigenvalue weighted by atomic mass is 32.2. The first-order valence-electron chi connectivity index (χ1n) is 13.3. The highest BCUT2D eigenvalue weighted by Crippen LogP contribution is 2.29. The number of sulfonamides is 1. The number of nitrogens with one attached hydrogen (secondary N) is 3. The van der Waals surface area contributed by atoms with E-state index in [1.165, 1.54) is 12.5 Å². The van der Waals surface area contributed by atoms with Crippen molar-refractivity contribution in [3.05, 3.63) is 65.0 Å². The minimum absolute atomic E-state index is 0.143. The molecule has 0 radical (unpaired) electrons. The Balaban J connectivity index is 1.35. The lowest BCUT2D eigenvalue weighted by Crippen LogP contribution is -2.49. The molecule has 8 nitrogen and oxygen atoms in total. The van der Waals surface area contributed by atoms with Gasteiger partial charge in [0, 0.05) is 37.4 Å². The van der Waals surface area contributed by atoms with Crippen molar-refractivity contribution >= 4 is 27.5 Å². The minimum Gasteiger partial charge on any atom is -0.369 e. The van der Waals surface area contributed by atoms with Gasteiger partial charge >= 0.3 is 0 Å². The molecule has 1 saturated carbocycles. The van der Waals surface area contributed by atoms with E-state index in [2.05, 4.69) is 20.3 Å². The Bertz CT molecular complexity index is 1230. The number of nitrogens with zero attached hydrogens (tertiary/aromatic N) is 1. The Hall–Kier alpha value is -2.98. The van der Waals surface area contributed by atoms with Gasteiger partial charge in [0.2, 0.25) is 15.9 Å². The molecule has 2 aromatic carbocycles. The number of anilines is 1. The molecule has 4 rings (SSSR count). The van der Waals surface area contributed by atoms with Crippen molar-refractivity contribution in [3.63, 3.8) is 0 Å². The summed E-state index contributed by atoms with van der Waals surface area (Å²) in [6.07, 6.45) is 8.09. The number of hydrogen-bond acceptors (Lipinski definition) is 5. The average molecular weight is 545 g/mol. The van der Waals surface area contributed by atoms with E-state index >= 15 is 0 Å². The lowest BCUT2D eigenvalue weighted by molar-refractivity contribution is -0.123. The monoisotopic (exact) mass is 544 g/mol. The van der Waals surface area contributed by atoms with Gasteiger partial charge in [0.05, 0.1) is 6.26 Å². The standard InChI is InChI=1S/C28H37FN4O4S/c1-38(36,37)31-19-21-7-9-22(10-8-21)27(34)32-25(17-20-5-3-2-4-6-20)28(35)30-14-16-33-15-13-23-18-24(29)11-12-26(23)33/h7-12,18,20,25,31H,2-6,13-17,19H2,1H3,(H,30,35)(H,32,34)/t25-/m0/s1. The second kappa shape index (κ2) is 12.7. The van der Waals surface area contributed by atoms with Gasteiger partial charge in [-0.2, -0.15) is 0 Å². The van der Waals surface area contributed by atoms with Crippen LogP contribution >= 0.6 is 0 Å². The van der Waals surface area contributed by atoms with Crippen LogP contribution in [0.2, 0.25) is 0 Å². The van der Waals surface area contributed by atoms with Crippen LogP contribution < -0.4 is 20.3 Å². The summed E-state index contributed by atoms with van der Waals surface area (Å²) in [7, 11) is -3.31. The molecule has 0 bridgehead atoms. The van der Waals surface area contributed by atoms with Gasteiger partial charge in [0.15, 0.2) is 0 Å². The predicted octanol–water partition coefficient (Wildman–Crippen LogP) is 3.12. The van der Waals surface area contributed by atoms with Crippen LogP contribution in [0.5, 0.6) is 0 Å². The Kier molecular flexibility index (Phi) is 9.38. The molecule has 0 unspecified atom stereocenters. The van der Waals surface area contributed by atoms with E-state index < -0.39 is 16.1 Å². The van der Waals surface area contributed by atoms with Crippen LogP contribution in [0, 0.1) is 11.7 Å². The van der Waals surface area contributed by atoms with Crippen LogP contribution in [0.25, 0.3) is 0 Å². The second-order valence-electron chi connectivity index (χ2n) is 10.4. The molecule has 1 heterocycles. The molecule has 3 N–H and O–H groups in total. The molecular formula is C28H37FN4O4S. The summed E-state index contributed by atoms with van der Waals surface area (Å²) in [6.45, 7) is 1.96. The molecule has 38 heavy (non-hydrogen) atoms. The van der Waals surface area contributed by atoms with Crippen molar-refractivity contribution in [1.29, 1.82) is 0 Å². The molecule has 0 spiro atoms. The van der Waals surface area contributed by atoms with E-state index in [1.54, 1.807) is 36.4 Å². The third-order valence-electron chi connectivity index (χ3n) is 7.38. The summed E-state index contributed by atoms with van der Waals surface area (Å²) in [6, 6.07) is 10.8. The molecule has 2 aliphatic rings. The number of carbonyl (C=O) groups excluding carboxylic acids is 2. The molecule has 0 aromatic heterocycles. The van der Waals surface area contributed by atoms with Crippen LogP contribution in [0.4, 0.5) is 10.1 Å². The number of amides is 2. The molecule has 2 amide bonds. The second-order valence-corrected chi connectivity index (χ2v) is 12.2. The Morgan fingerprint density at radius 2 is 1.82 bits per heavy atom. The molecule has 0 saturated heterocycles. The molecule has 10 heteroatoms. The normalized spacial score (nSPS) is 16.6. The number of rotatable bonds is 11. The Labute approximate surface area is 224 Å². The van der Waals surface area contributed by atoms with Crippen LogP contribution in [0.15, 0.2) is 42.5 Å². The molecule has 2 aromatic rings. The van der Waals surface area contributed by atoms with Gasteiger partial charge in [-0.25, -0.2) is 17.5 Å². The number of benzene rings is 2. The van der Waals surface area contributed by atoms with Crippen LogP contribution in [0.1, 0.15) is 60.0 Å². The van der Waals surface area contributed by atoms with Crippen molar-refractivity contribution in [2.45, 2.75) is 57.5 Å². The number of fused-ring (bicyclic) bond motifs is 1. The maximum absolute atomic E-state index is 13.5. The fraction of sp³-hybridized carbons (Fsp3) is 0.500. The van der Waals surface area contributed by atoms with Gasteiger partial charge in [-0.05, 0) is 60.2 Å². The Morgan fingerprint density at radius 1 is 1.08 bits per heavy atom. The third-order valence-corrected chi connectivity index (χ3v) is 8.05. The molecule has 206 valence electrons. The summed E-state index contributed by atoms with van der Waals surface area (Å²) < 4.78 is 38.6. The molecule has 1 aliphatic heterocycles. The van der Waals surface area contributed by atoms with Gasteiger partial charge in [0.1, 0.15) is 11.9 Å². The minimum atomic E-state index is -3.31. The third kappa shape index (κ3) is 8.01. The highest BCUT2D eigenvalue weighted by Gasteiger charge is 2.27. The fourth-order valence-electron chi connectivity index (χ4n) is 5.33. The van der Waals surface area contributed by atoms with Crippen molar-refractivity contribution in [2.75, 3.05) is 30.8 Å². The summed E-state index contributed by atoms with van der Waals surface area (Å²) >= 11 is 0. The van der Waals surface area contributed by atoms with Crippen LogP contribution in [0.3, 0.4) is 0 Å². The summed E-state index contributed by atoms with van der Waals surface area (Å²) in [5.41, 5.74) is 3.13. The molecule has 1 aliphatic carbocycles. The first kappa shape index (κ1) is 28.0. The van der Waals surface area contributed by atoms with E-state index in [4.69, 9.17) is 0 Å². The van der Waals surface area contributed by atoms with Crippen LogP contribution in [-0.2, 0) is 27.8 Å². The quantitative estimate of drug-likeness (QED) is 0.403. The molecular weight excluding hydrogens is 507 g/mol. The molecule has 1 fully saturated rings. The zero-order chi connectivity index (χ0) is 27.1. The number of carbonyl (C=O) groups is 2. The maximum atomic E-state index is 13.5. The van der Waals surface area contributed by atoms with E-state index in [-0.39, 0.29) is 24.2 Å². The SMILES string of the molecule is CS(=O)(=O)NCc1ccc(C(=O)N[C@@H](CC2CCCCC2)C(=O)NCCN2CCc3cc(F)ccc32)cc1. The summed E-state index contributed by atoms with van der Waals surface area (Å²) in [5.74, 6) is -0.375. The largest absolute Gasteiger partial charge is 0.369 e. The average Bonchev–Trinajstić information content (AvgIpc) is 3.29. The smallest absolute Gasteiger partial charge is 0.251 e. The Morgan fingerprint density at radius 3 is 2.53 bits per heavy atom. The first-order valence-corrected chi connectivity index (χ1v) is 15.2. The topological polar surface area (TPSA) is 108 Å². The van der Waals surface area contributed by atoms with E-state index in [1.807, 2.05) is 0 Å². The molecule has 1 atom stereocenters. The van der Waals surface area contributed by atoms with Gasteiger partial charge < -0.3 is 15.5 Å². The van der Waals surface area contributed by atoms with Crippen molar-refractivity contribution < 1.29 is 22.4 Å². The van der Waals surface area contributed by atoms with Gasteiger partial charge in [-0.15, -0.1) is 0 Å². The highest BCUT2D eigenvalue weighted by molar-refractivity contribution is 7.88. The number of hydrogen-bond donors (Lipinski definition) is 3. The first-order chi connectivity index (χ1) is 18.2. The van der Waals surface area contributed by atoms with Crippen molar-refractivity contribution in [1.82, 2.24) is 15.4 Å². The zero-order valence-corrected chi connectivity index (χ0v) is 22.7. The zero-order valence-electron chi connectivity index (χ0n) is 21.8. The van der Waals surface area contributed by atoms with E-state index in [9.17, 15) is 22.4 Å². The van der Waals surface area contributed by atoms with Gasteiger partial charge in [-0.3, -0.25) is 9.59 Å². The van der Waals surface area contributed by atoms with Gasteiger partial charge in [-0.1, -0.05) is 44.2 Å².